The zero-order valence-electron chi connectivity index (χ0n) is 18.9. The van der Waals surface area contributed by atoms with Crippen LogP contribution in [0.25, 0.3) is 22.2 Å². The van der Waals surface area contributed by atoms with E-state index in [0.717, 1.165) is 58.7 Å². The Morgan fingerprint density at radius 1 is 1.18 bits per heavy atom. The van der Waals surface area contributed by atoms with Gasteiger partial charge in [0.05, 0.1) is 17.3 Å². The standard InChI is InChI=1S/C26H28N4O2S/c1-17(24-4-3-15-33-24)27-26(31)19-7-10-23-22(16-19)25(29-28-23)18-5-8-20(9-6-18)32-21-11-13-30(2)14-12-21/h3-10,15-17,21H,11-14H2,1-2H3,(H,27,31)(H,28,29). The molecule has 0 aliphatic carbocycles. The molecule has 170 valence electrons. The minimum Gasteiger partial charge on any atom is -0.490 e. The summed E-state index contributed by atoms with van der Waals surface area (Å²) in [5.74, 6) is 0.794. The minimum atomic E-state index is -0.0909. The molecule has 33 heavy (non-hydrogen) atoms. The molecule has 1 saturated heterocycles. The Kier molecular flexibility index (Phi) is 6.15. The highest BCUT2D eigenvalue weighted by atomic mass is 32.1. The lowest BCUT2D eigenvalue weighted by molar-refractivity contribution is 0.0940. The van der Waals surface area contributed by atoms with E-state index >= 15 is 0 Å². The number of thiophene rings is 1. The van der Waals surface area contributed by atoms with Gasteiger partial charge in [0.1, 0.15) is 11.9 Å². The number of aromatic amines is 1. The SMILES string of the molecule is CC(NC(=O)c1ccc2[nH]nc(-c3ccc(OC4CCN(C)CC4)cc3)c2c1)c1cccs1. The number of hydrogen-bond donors (Lipinski definition) is 2. The van der Waals surface area contributed by atoms with Crippen LogP contribution in [-0.2, 0) is 0 Å². The normalized spacial score (nSPS) is 16.1. The van der Waals surface area contributed by atoms with Crippen LogP contribution in [0.5, 0.6) is 5.75 Å². The molecule has 0 radical (unpaired) electrons. The van der Waals surface area contributed by atoms with Crippen molar-refractivity contribution in [1.29, 1.82) is 0 Å². The predicted molar refractivity (Wildman–Crippen MR) is 133 cm³/mol. The molecule has 1 aliphatic heterocycles. The summed E-state index contributed by atoms with van der Waals surface area (Å²) in [6.45, 7) is 4.15. The van der Waals surface area contributed by atoms with E-state index in [2.05, 4.69) is 27.5 Å². The van der Waals surface area contributed by atoms with Crippen molar-refractivity contribution >= 4 is 28.1 Å². The number of rotatable bonds is 6. The van der Waals surface area contributed by atoms with E-state index < -0.39 is 0 Å². The van der Waals surface area contributed by atoms with Crippen LogP contribution in [0.4, 0.5) is 0 Å². The summed E-state index contributed by atoms with van der Waals surface area (Å²) in [6.07, 6.45) is 2.38. The van der Waals surface area contributed by atoms with Crippen molar-refractivity contribution < 1.29 is 9.53 Å². The Bertz CT molecular complexity index is 1230. The van der Waals surface area contributed by atoms with Crippen LogP contribution in [0.3, 0.4) is 0 Å². The van der Waals surface area contributed by atoms with Crippen LogP contribution in [0, 0.1) is 0 Å². The van der Waals surface area contributed by atoms with Crippen molar-refractivity contribution in [3.8, 4) is 17.0 Å². The maximum absolute atomic E-state index is 12.9. The summed E-state index contributed by atoms with van der Waals surface area (Å²) in [6, 6.07) is 17.7. The number of carbonyl (C=O) groups is 1. The summed E-state index contributed by atoms with van der Waals surface area (Å²) in [5.41, 5.74) is 3.34. The molecule has 2 aromatic heterocycles. The second-order valence-electron chi connectivity index (χ2n) is 8.69. The predicted octanol–water partition coefficient (Wildman–Crippen LogP) is 5.26. The highest BCUT2D eigenvalue weighted by molar-refractivity contribution is 7.10. The van der Waals surface area contributed by atoms with Gasteiger partial charge in [-0.25, -0.2) is 0 Å². The lowest BCUT2D eigenvalue weighted by atomic mass is 10.0. The molecule has 2 N–H and O–H groups in total. The van der Waals surface area contributed by atoms with Crippen molar-refractivity contribution in [2.75, 3.05) is 20.1 Å². The van der Waals surface area contributed by atoms with Gasteiger partial charge in [-0.2, -0.15) is 5.10 Å². The number of ether oxygens (including phenoxy) is 1. The van der Waals surface area contributed by atoms with Gasteiger partial charge in [0, 0.05) is 34.5 Å². The van der Waals surface area contributed by atoms with E-state index in [0.29, 0.717) is 5.56 Å². The van der Waals surface area contributed by atoms with E-state index in [1.165, 1.54) is 0 Å². The average Bonchev–Trinajstić information content (AvgIpc) is 3.51. The maximum atomic E-state index is 12.9. The highest BCUT2D eigenvalue weighted by Crippen LogP contribution is 2.29. The number of aromatic nitrogens is 2. The Labute approximate surface area is 197 Å². The fourth-order valence-corrected chi connectivity index (χ4v) is 4.99. The third-order valence-electron chi connectivity index (χ3n) is 6.24. The number of hydrogen-bond acceptors (Lipinski definition) is 5. The first-order chi connectivity index (χ1) is 16.1. The van der Waals surface area contributed by atoms with Crippen LogP contribution in [0.15, 0.2) is 60.0 Å². The van der Waals surface area contributed by atoms with Gasteiger partial charge < -0.3 is 15.0 Å². The zero-order valence-corrected chi connectivity index (χ0v) is 19.7. The Balaban J connectivity index is 1.32. The molecule has 0 saturated carbocycles. The molecule has 1 amide bonds. The van der Waals surface area contributed by atoms with Crippen molar-refractivity contribution in [3.63, 3.8) is 0 Å². The van der Waals surface area contributed by atoms with Crippen molar-refractivity contribution in [2.24, 2.45) is 0 Å². The van der Waals surface area contributed by atoms with Gasteiger partial charge in [0.15, 0.2) is 0 Å². The Morgan fingerprint density at radius 3 is 2.70 bits per heavy atom. The first-order valence-electron chi connectivity index (χ1n) is 11.3. The molecule has 0 spiro atoms. The minimum absolute atomic E-state index is 0.0332. The summed E-state index contributed by atoms with van der Waals surface area (Å²) in [4.78, 5) is 16.3. The summed E-state index contributed by atoms with van der Waals surface area (Å²) < 4.78 is 6.17. The molecule has 1 atom stereocenters. The van der Waals surface area contributed by atoms with E-state index in [9.17, 15) is 4.79 Å². The first kappa shape index (κ1) is 21.7. The molecular weight excluding hydrogens is 432 g/mol. The van der Waals surface area contributed by atoms with Gasteiger partial charge in [-0.3, -0.25) is 9.89 Å². The number of H-pyrrole nitrogens is 1. The number of piperidine rings is 1. The zero-order chi connectivity index (χ0) is 22.8. The number of likely N-dealkylation sites (tertiary alicyclic amines) is 1. The third-order valence-corrected chi connectivity index (χ3v) is 7.29. The molecule has 3 heterocycles. The van der Waals surface area contributed by atoms with Crippen molar-refractivity contribution in [2.45, 2.75) is 31.9 Å². The van der Waals surface area contributed by atoms with Crippen LogP contribution in [-0.4, -0.2) is 47.2 Å². The van der Waals surface area contributed by atoms with Gasteiger partial charge in [0.25, 0.3) is 5.91 Å². The molecule has 7 heteroatoms. The van der Waals surface area contributed by atoms with Gasteiger partial charge in [-0.15, -0.1) is 11.3 Å². The second-order valence-corrected chi connectivity index (χ2v) is 9.67. The summed E-state index contributed by atoms with van der Waals surface area (Å²) in [7, 11) is 2.15. The molecule has 1 fully saturated rings. The van der Waals surface area contributed by atoms with Crippen molar-refractivity contribution in [1.82, 2.24) is 20.4 Å². The van der Waals surface area contributed by atoms with Crippen LogP contribution in [0.2, 0.25) is 0 Å². The lowest BCUT2D eigenvalue weighted by Crippen LogP contribution is -2.35. The van der Waals surface area contributed by atoms with Gasteiger partial charge >= 0.3 is 0 Å². The highest BCUT2D eigenvalue weighted by Gasteiger charge is 2.19. The Hall–Kier alpha value is -3.16. The number of carbonyl (C=O) groups excluding carboxylic acids is 1. The molecule has 6 nitrogen and oxygen atoms in total. The quantitative estimate of drug-likeness (QED) is 0.412. The fourth-order valence-electron chi connectivity index (χ4n) is 4.25. The smallest absolute Gasteiger partial charge is 0.251 e. The molecule has 1 unspecified atom stereocenters. The first-order valence-corrected chi connectivity index (χ1v) is 12.2. The molecular formula is C26H28N4O2S. The molecule has 2 aromatic carbocycles. The lowest BCUT2D eigenvalue weighted by Gasteiger charge is -2.29. The fraction of sp³-hybridized carbons (Fsp3) is 0.308. The molecule has 4 aromatic rings. The number of nitrogens with one attached hydrogen (secondary N) is 2. The van der Waals surface area contributed by atoms with Crippen molar-refractivity contribution in [3.05, 3.63) is 70.4 Å². The van der Waals surface area contributed by atoms with Gasteiger partial charge in [-0.1, -0.05) is 6.07 Å². The largest absolute Gasteiger partial charge is 0.490 e. The number of nitrogens with zero attached hydrogens (tertiary/aromatic N) is 2. The Morgan fingerprint density at radius 2 is 1.97 bits per heavy atom. The number of amides is 1. The van der Waals surface area contributed by atoms with Crippen LogP contribution >= 0.6 is 11.3 Å². The van der Waals surface area contributed by atoms with Crippen LogP contribution in [0.1, 0.15) is 41.0 Å². The molecule has 5 rings (SSSR count). The number of benzene rings is 2. The van der Waals surface area contributed by atoms with E-state index in [4.69, 9.17) is 4.74 Å². The third kappa shape index (κ3) is 4.79. The van der Waals surface area contributed by atoms with Gasteiger partial charge in [0.2, 0.25) is 0 Å². The van der Waals surface area contributed by atoms with E-state index in [1.54, 1.807) is 11.3 Å². The average molecular weight is 461 g/mol. The second kappa shape index (κ2) is 9.37. The topological polar surface area (TPSA) is 70.2 Å². The van der Waals surface area contributed by atoms with E-state index in [-0.39, 0.29) is 18.1 Å². The molecule has 0 bridgehead atoms. The maximum Gasteiger partial charge on any atom is 0.251 e. The molecule has 1 aliphatic rings. The van der Waals surface area contributed by atoms with Gasteiger partial charge in [-0.05, 0) is 80.7 Å². The summed E-state index contributed by atoms with van der Waals surface area (Å²) in [5, 5.41) is 13.6. The number of fused-ring (bicyclic) bond motifs is 1. The van der Waals surface area contributed by atoms with Crippen LogP contribution < -0.4 is 10.1 Å². The summed E-state index contributed by atoms with van der Waals surface area (Å²) >= 11 is 1.64. The monoisotopic (exact) mass is 460 g/mol. The van der Waals surface area contributed by atoms with E-state index in [1.807, 2.05) is 66.9 Å².